The molecule has 0 bridgehead atoms. The molecule has 88 heavy (non-hydrogen) atoms. The second-order valence-corrected chi connectivity index (χ2v) is 26.8. The van der Waals surface area contributed by atoms with Gasteiger partial charge in [-0.1, -0.05) is 376 Å². The van der Waals surface area contributed by atoms with E-state index in [-0.39, 0.29) is 12.5 Å². The molecular formula is C79H147NO8. The summed E-state index contributed by atoms with van der Waals surface area (Å²) < 4.78 is 11.4. The van der Waals surface area contributed by atoms with E-state index < -0.39 is 49.5 Å². The van der Waals surface area contributed by atoms with Crippen molar-refractivity contribution in [3.8, 4) is 0 Å². The summed E-state index contributed by atoms with van der Waals surface area (Å²) in [5, 5.41) is 55.1. The molecule has 0 aromatic heterocycles. The summed E-state index contributed by atoms with van der Waals surface area (Å²) in [7, 11) is 0. The third-order valence-electron chi connectivity index (χ3n) is 18.4. The van der Waals surface area contributed by atoms with Crippen molar-refractivity contribution in [3.05, 3.63) is 60.8 Å². The van der Waals surface area contributed by atoms with Gasteiger partial charge in [-0.15, -0.1) is 0 Å². The SMILES string of the molecule is CC/C=C\C/C=C\C/C=C\C/C=C\C/C=C\CCCCCCCCCCCCCCCCCCCCCC(=O)NC(COC1OC(CO)C(O)C(O)C1O)C(O)CCCCCCCCCCCCCCCCCCCCCCCCCCCCCCCC. The second-order valence-electron chi connectivity index (χ2n) is 26.8. The minimum Gasteiger partial charge on any atom is -0.394 e. The molecule has 1 aliphatic heterocycles. The van der Waals surface area contributed by atoms with Gasteiger partial charge in [0.15, 0.2) is 6.29 Å². The molecular weight excluding hydrogens is 1090 g/mol. The molecule has 0 spiro atoms. The van der Waals surface area contributed by atoms with Crippen LogP contribution in [0.5, 0.6) is 0 Å². The monoisotopic (exact) mass is 1240 g/mol. The van der Waals surface area contributed by atoms with Crippen LogP contribution in [0.1, 0.15) is 380 Å². The molecule has 1 rings (SSSR count). The van der Waals surface area contributed by atoms with E-state index in [1.807, 2.05) is 0 Å². The molecule has 7 unspecified atom stereocenters. The van der Waals surface area contributed by atoms with E-state index in [2.05, 4.69) is 79.9 Å². The van der Waals surface area contributed by atoms with E-state index in [0.717, 1.165) is 70.6 Å². The Balaban J connectivity index is 2.07. The average molecular weight is 1240 g/mol. The van der Waals surface area contributed by atoms with Gasteiger partial charge in [-0.25, -0.2) is 0 Å². The lowest BCUT2D eigenvalue weighted by atomic mass is 9.99. The number of unbranched alkanes of at least 4 members (excludes halogenated alkanes) is 48. The molecule has 0 aromatic rings. The third kappa shape index (κ3) is 55.5. The van der Waals surface area contributed by atoms with Crippen molar-refractivity contribution in [1.29, 1.82) is 0 Å². The van der Waals surface area contributed by atoms with Crippen LogP contribution in [0.25, 0.3) is 0 Å². The summed E-state index contributed by atoms with van der Waals surface area (Å²) in [5.41, 5.74) is 0. The number of aliphatic hydroxyl groups excluding tert-OH is 5. The fraction of sp³-hybridized carbons (Fsp3) is 0.861. The zero-order valence-corrected chi connectivity index (χ0v) is 58.0. The molecule has 9 nitrogen and oxygen atoms in total. The first-order chi connectivity index (χ1) is 43.3. The van der Waals surface area contributed by atoms with Gasteiger partial charge in [0, 0.05) is 6.42 Å². The highest BCUT2D eigenvalue weighted by Crippen LogP contribution is 2.24. The van der Waals surface area contributed by atoms with Crippen molar-refractivity contribution in [2.45, 2.75) is 423 Å². The molecule has 9 heteroatoms. The Morgan fingerprint density at radius 1 is 0.398 bits per heavy atom. The highest BCUT2D eigenvalue weighted by Gasteiger charge is 2.44. The van der Waals surface area contributed by atoms with Crippen molar-refractivity contribution in [1.82, 2.24) is 5.32 Å². The summed E-state index contributed by atoms with van der Waals surface area (Å²) in [5.74, 6) is -0.137. The number of carbonyl (C=O) groups excluding carboxylic acids is 1. The minimum absolute atomic E-state index is 0.135. The van der Waals surface area contributed by atoms with Crippen LogP contribution < -0.4 is 5.32 Å². The summed E-state index contributed by atoms with van der Waals surface area (Å²) in [6, 6.07) is -0.721. The highest BCUT2D eigenvalue weighted by atomic mass is 16.7. The maximum Gasteiger partial charge on any atom is 0.220 e. The fourth-order valence-electron chi connectivity index (χ4n) is 12.4. The molecule has 0 aromatic carbocycles. The van der Waals surface area contributed by atoms with E-state index in [1.54, 1.807) is 0 Å². The zero-order chi connectivity index (χ0) is 63.5. The van der Waals surface area contributed by atoms with Crippen molar-refractivity contribution in [3.63, 3.8) is 0 Å². The van der Waals surface area contributed by atoms with Crippen LogP contribution in [0, 0.1) is 0 Å². The lowest BCUT2D eigenvalue weighted by molar-refractivity contribution is -0.302. The summed E-state index contributed by atoms with van der Waals surface area (Å²) >= 11 is 0. The van der Waals surface area contributed by atoms with E-state index >= 15 is 0 Å². The van der Waals surface area contributed by atoms with Gasteiger partial charge in [0.05, 0.1) is 25.4 Å². The van der Waals surface area contributed by atoms with Crippen LogP contribution in [0.15, 0.2) is 60.8 Å². The zero-order valence-electron chi connectivity index (χ0n) is 58.0. The maximum absolute atomic E-state index is 13.2. The first kappa shape index (κ1) is 83.9. The standard InChI is InChI=1S/C79H147NO8/c1-3-5-7-9-11-13-15-17-19-21-23-25-27-29-31-33-35-36-37-38-39-41-43-45-47-49-51-53-55-57-59-61-63-65-67-69-75(83)80-72(71-87-79-78(86)77(85)76(84)74(70-81)88-79)73(82)68-66-64-62-60-58-56-54-52-50-48-46-44-42-40-34-32-30-28-26-24-22-20-18-16-14-12-10-8-6-4-2/h5,7,11,13,17,19,23,25,29,31,72-74,76-79,81-82,84-86H,3-4,6,8-10,12,14-16,18,20-22,24,26-28,30,32-71H2,1-2H3,(H,80,83)/b7-5-,13-11-,19-17-,25-23-,31-29-. The lowest BCUT2D eigenvalue weighted by Gasteiger charge is -2.40. The van der Waals surface area contributed by atoms with E-state index in [4.69, 9.17) is 9.47 Å². The number of allylic oxidation sites excluding steroid dienone is 10. The number of aliphatic hydroxyl groups is 5. The van der Waals surface area contributed by atoms with Crippen LogP contribution in [-0.4, -0.2) is 87.5 Å². The molecule has 1 fully saturated rings. The first-order valence-corrected chi connectivity index (χ1v) is 38.5. The minimum atomic E-state index is -1.56. The van der Waals surface area contributed by atoms with Gasteiger partial charge >= 0.3 is 0 Å². The molecule has 6 N–H and O–H groups in total. The van der Waals surface area contributed by atoms with Crippen LogP contribution in [0.3, 0.4) is 0 Å². The van der Waals surface area contributed by atoms with Gasteiger partial charge in [-0.3, -0.25) is 4.79 Å². The molecule has 516 valence electrons. The Morgan fingerprint density at radius 3 is 1.05 bits per heavy atom. The second kappa shape index (κ2) is 67.8. The Hall–Kier alpha value is -2.11. The van der Waals surface area contributed by atoms with Crippen molar-refractivity contribution in [2.75, 3.05) is 13.2 Å². The smallest absolute Gasteiger partial charge is 0.220 e. The quantitative estimate of drug-likeness (QED) is 0.0261. The lowest BCUT2D eigenvalue weighted by Crippen LogP contribution is -2.60. The third-order valence-corrected chi connectivity index (χ3v) is 18.4. The normalized spacial score (nSPS) is 18.2. The van der Waals surface area contributed by atoms with E-state index in [1.165, 1.54) is 283 Å². The molecule has 1 amide bonds. The van der Waals surface area contributed by atoms with E-state index in [9.17, 15) is 30.3 Å². The summed E-state index contributed by atoms with van der Waals surface area (Å²) in [6.45, 7) is 3.78. The predicted molar refractivity (Wildman–Crippen MR) is 378 cm³/mol. The topological polar surface area (TPSA) is 149 Å². The molecule has 1 aliphatic rings. The molecule has 1 saturated heterocycles. The summed E-state index contributed by atoms with van der Waals surface area (Å²) in [6.07, 6.45) is 87.4. The Labute approximate surface area is 545 Å². The fourth-order valence-corrected chi connectivity index (χ4v) is 12.4. The molecule has 0 aliphatic carbocycles. The van der Waals surface area contributed by atoms with Gasteiger partial charge in [-0.05, 0) is 57.8 Å². The van der Waals surface area contributed by atoms with Crippen LogP contribution in [0.2, 0.25) is 0 Å². The van der Waals surface area contributed by atoms with Gasteiger partial charge in [-0.2, -0.15) is 0 Å². The number of amides is 1. The number of nitrogens with one attached hydrogen (secondary N) is 1. The molecule has 1 heterocycles. The molecule has 7 atom stereocenters. The van der Waals surface area contributed by atoms with Crippen molar-refractivity contribution in [2.24, 2.45) is 0 Å². The van der Waals surface area contributed by atoms with Gasteiger partial charge in [0.25, 0.3) is 0 Å². The average Bonchev–Trinajstić information content (AvgIpc) is 3.65. The maximum atomic E-state index is 13.2. The number of rotatable bonds is 68. The molecule has 0 saturated carbocycles. The highest BCUT2D eigenvalue weighted by molar-refractivity contribution is 5.76. The van der Waals surface area contributed by atoms with Gasteiger partial charge in [0.1, 0.15) is 24.4 Å². The van der Waals surface area contributed by atoms with Crippen molar-refractivity contribution >= 4 is 5.91 Å². The number of carbonyl (C=O) groups is 1. The van der Waals surface area contributed by atoms with Crippen LogP contribution >= 0.6 is 0 Å². The first-order valence-electron chi connectivity index (χ1n) is 38.5. The van der Waals surface area contributed by atoms with Crippen molar-refractivity contribution < 1.29 is 39.8 Å². The van der Waals surface area contributed by atoms with Crippen LogP contribution in [-0.2, 0) is 14.3 Å². The largest absolute Gasteiger partial charge is 0.394 e. The summed E-state index contributed by atoms with van der Waals surface area (Å²) in [4.78, 5) is 13.2. The van der Waals surface area contributed by atoms with Crippen LogP contribution in [0.4, 0.5) is 0 Å². The van der Waals surface area contributed by atoms with E-state index in [0.29, 0.717) is 12.8 Å². The Bertz CT molecular complexity index is 1580. The Kier molecular flexibility index (Phi) is 64.6. The van der Waals surface area contributed by atoms with Gasteiger partial charge in [0.2, 0.25) is 5.91 Å². The van der Waals surface area contributed by atoms with Gasteiger partial charge < -0.3 is 40.3 Å². The predicted octanol–water partition coefficient (Wildman–Crippen LogP) is 21.7. The Morgan fingerprint density at radius 2 is 0.705 bits per heavy atom. The number of ether oxygens (including phenoxy) is 2. The number of hydrogen-bond acceptors (Lipinski definition) is 8. The number of hydrogen-bond donors (Lipinski definition) is 6. The molecule has 0 radical (unpaired) electrons.